The van der Waals surface area contributed by atoms with Crippen LogP contribution in [0.3, 0.4) is 0 Å². The van der Waals surface area contributed by atoms with Gasteiger partial charge in [0.25, 0.3) is 0 Å². The van der Waals surface area contributed by atoms with Crippen LogP contribution in [0.25, 0.3) is 0 Å². The van der Waals surface area contributed by atoms with Gasteiger partial charge in [-0.3, -0.25) is 9.98 Å². The summed E-state index contributed by atoms with van der Waals surface area (Å²) >= 11 is 0. The molecule has 0 atom stereocenters. The fourth-order valence-electron chi connectivity index (χ4n) is 1.26. The van der Waals surface area contributed by atoms with Gasteiger partial charge in [0.1, 0.15) is 0 Å². The van der Waals surface area contributed by atoms with E-state index in [4.69, 9.17) is 0 Å². The lowest BCUT2D eigenvalue weighted by Crippen LogP contribution is -2.37. The minimum Gasteiger partial charge on any atom is -0.357 e. The summed E-state index contributed by atoms with van der Waals surface area (Å²) in [5.41, 5.74) is 0. The van der Waals surface area contributed by atoms with Gasteiger partial charge in [-0.1, -0.05) is 13.8 Å². The molecular weight excluding hydrogens is 252 g/mol. The van der Waals surface area contributed by atoms with E-state index in [-0.39, 0.29) is 4.28 Å². The lowest BCUT2D eigenvalue weighted by molar-refractivity contribution is 0.794. The Labute approximate surface area is 129 Å². The molecule has 0 aromatic rings. The number of rotatable bonds is 6. The zero-order valence-electron chi connectivity index (χ0n) is 14.1. The lowest BCUT2D eigenvalue weighted by atomic mass is 10.5. The van der Waals surface area contributed by atoms with Crippen molar-refractivity contribution in [2.75, 3.05) is 40.3 Å². The molecule has 6 nitrogen and oxygen atoms in total. The smallest absolute Gasteiger partial charge is 0.190 e. The highest BCUT2D eigenvalue weighted by atomic mass is 15.2. The Bertz CT molecular complexity index is 237. The van der Waals surface area contributed by atoms with Crippen molar-refractivity contribution in [3.8, 4) is 0 Å². The van der Waals surface area contributed by atoms with Gasteiger partial charge in [-0.05, 0) is 26.7 Å². The van der Waals surface area contributed by atoms with Crippen LogP contribution in [-0.4, -0.2) is 52.2 Å². The highest BCUT2D eigenvalue weighted by Gasteiger charge is 1.90. The molecule has 0 unspecified atom stereocenters. The van der Waals surface area contributed by atoms with Crippen LogP contribution < -0.4 is 21.3 Å². The molecular formula is C14H40N6. The molecule has 0 aliphatic heterocycles. The number of aliphatic imine (C=N–C) groups is 2. The van der Waals surface area contributed by atoms with Crippen molar-refractivity contribution in [3.63, 3.8) is 0 Å². The third kappa shape index (κ3) is 14.6. The van der Waals surface area contributed by atoms with E-state index in [1.807, 2.05) is 0 Å². The van der Waals surface area contributed by atoms with Gasteiger partial charge in [0.15, 0.2) is 11.9 Å². The topological polar surface area (TPSA) is 72.8 Å². The Morgan fingerprint density at radius 2 is 1.05 bits per heavy atom. The third-order valence-corrected chi connectivity index (χ3v) is 2.22. The summed E-state index contributed by atoms with van der Waals surface area (Å²) < 4.78 is 0. The predicted octanol–water partition coefficient (Wildman–Crippen LogP) is 1.90. The SMILES string of the molecule is CCCNC(=NC)NCC.CCCNC(=NC)NCC.[HH].[HH].[HH]. The molecule has 0 aromatic heterocycles. The molecule has 0 aliphatic carbocycles. The molecule has 0 saturated heterocycles. The summed E-state index contributed by atoms with van der Waals surface area (Å²) in [6.07, 6.45) is 2.26. The summed E-state index contributed by atoms with van der Waals surface area (Å²) in [5.74, 6) is 1.79. The van der Waals surface area contributed by atoms with Crippen LogP contribution in [-0.2, 0) is 0 Å². The zero-order valence-corrected chi connectivity index (χ0v) is 14.1. The summed E-state index contributed by atoms with van der Waals surface area (Å²) in [6, 6.07) is 0. The van der Waals surface area contributed by atoms with Crippen molar-refractivity contribution in [1.82, 2.24) is 21.3 Å². The first kappa shape index (κ1) is 20.8. The number of hydrogen-bond acceptors (Lipinski definition) is 2. The van der Waals surface area contributed by atoms with Gasteiger partial charge in [-0.2, -0.15) is 0 Å². The normalized spacial score (nSPS) is 11.3. The van der Waals surface area contributed by atoms with Gasteiger partial charge >= 0.3 is 0 Å². The van der Waals surface area contributed by atoms with Gasteiger partial charge < -0.3 is 21.3 Å². The zero-order chi connectivity index (χ0) is 15.6. The second kappa shape index (κ2) is 17.5. The summed E-state index contributed by atoms with van der Waals surface area (Å²) in [7, 11) is 3.56. The fraction of sp³-hybridized carbons (Fsp3) is 0.857. The maximum atomic E-state index is 4.01. The second-order valence-electron chi connectivity index (χ2n) is 4.06. The molecule has 0 fully saturated rings. The summed E-state index contributed by atoms with van der Waals surface area (Å²) in [4.78, 5) is 8.02. The van der Waals surface area contributed by atoms with E-state index in [0.717, 1.165) is 50.9 Å². The van der Waals surface area contributed by atoms with E-state index >= 15 is 0 Å². The van der Waals surface area contributed by atoms with E-state index in [2.05, 4.69) is 58.9 Å². The van der Waals surface area contributed by atoms with E-state index in [0.29, 0.717) is 0 Å². The minimum absolute atomic E-state index is 0. The average Bonchev–Trinajstić information content (AvgIpc) is 2.48. The Hall–Kier alpha value is -1.46. The van der Waals surface area contributed by atoms with Gasteiger partial charge in [0.05, 0.1) is 0 Å². The van der Waals surface area contributed by atoms with Crippen molar-refractivity contribution in [3.05, 3.63) is 0 Å². The van der Waals surface area contributed by atoms with E-state index < -0.39 is 0 Å². The second-order valence-corrected chi connectivity index (χ2v) is 4.06. The van der Waals surface area contributed by atoms with Gasteiger partial charge in [0.2, 0.25) is 0 Å². The van der Waals surface area contributed by atoms with E-state index in [1.165, 1.54) is 0 Å². The Morgan fingerprint density at radius 3 is 1.25 bits per heavy atom. The predicted molar refractivity (Wildman–Crippen MR) is 97.0 cm³/mol. The average molecular weight is 293 g/mol. The standard InChI is InChI=1S/2C7H17N3.3H2/c2*1-4-6-10-7(8-3)9-5-2;;;/h2*4-6H2,1-3H3,(H2,8,9,10);3*1H. The molecule has 0 aliphatic rings. The van der Waals surface area contributed by atoms with Crippen molar-refractivity contribution < 1.29 is 4.28 Å². The van der Waals surface area contributed by atoms with Gasteiger partial charge in [0, 0.05) is 44.6 Å². The lowest BCUT2D eigenvalue weighted by Gasteiger charge is -2.07. The van der Waals surface area contributed by atoms with Crippen LogP contribution in [0.5, 0.6) is 0 Å². The Balaban J connectivity index is -0.0000000831. The molecule has 126 valence electrons. The highest BCUT2D eigenvalue weighted by Crippen LogP contribution is 1.71. The van der Waals surface area contributed by atoms with Crippen molar-refractivity contribution in [2.24, 2.45) is 9.98 Å². The third-order valence-electron chi connectivity index (χ3n) is 2.22. The van der Waals surface area contributed by atoms with Crippen LogP contribution in [0.2, 0.25) is 0 Å². The van der Waals surface area contributed by atoms with Gasteiger partial charge in [-0.15, -0.1) is 0 Å². The highest BCUT2D eigenvalue weighted by molar-refractivity contribution is 5.79. The van der Waals surface area contributed by atoms with Crippen LogP contribution >= 0.6 is 0 Å². The molecule has 0 rings (SSSR count). The maximum Gasteiger partial charge on any atom is 0.190 e. The quantitative estimate of drug-likeness (QED) is 0.446. The first-order valence-electron chi connectivity index (χ1n) is 7.58. The summed E-state index contributed by atoms with van der Waals surface area (Å²) in [6.45, 7) is 12.2. The number of hydrogen-bond donors (Lipinski definition) is 4. The van der Waals surface area contributed by atoms with E-state index in [9.17, 15) is 0 Å². The van der Waals surface area contributed by atoms with Crippen LogP contribution in [0.4, 0.5) is 0 Å². The molecule has 0 aromatic carbocycles. The number of nitrogens with zero attached hydrogens (tertiary/aromatic N) is 2. The molecule has 0 heterocycles. The maximum absolute atomic E-state index is 4.01. The molecule has 4 N–H and O–H groups in total. The van der Waals surface area contributed by atoms with Crippen molar-refractivity contribution in [1.29, 1.82) is 0 Å². The first-order valence-corrected chi connectivity index (χ1v) is 7.58. The van der Waals surface area contributed by atoms with Gasteiger partial charge in [-0.25, -0.2) is 0 Å². The summed E-state index contributed by atoms with van der Waals surface area (Å²) in [5, 5.41) is 12.5. The van der Waals surface area contributed by atoms with Crippen molar-refractivity contribution >= 4 is 11.9 Å². The first-order chi connectivity index (χ1) is 9.69. The van der Waals surface area contributed by atoms with Crippen LogP contribution in [0.1, 0.15) is 44.8 Å². The Morgan fingerprint density at radius 1 is 0.700 bits per heavy atom. The number of nitrogens with one attached hydrogen (secondary N) is 4. The molecule has 0 radical (unpaired) electrons. The Kier molecular flexibility index (Phi) is 18.3. The molecule has 0 bridgehead atoms. The monoisotopic (exact) mass is 292 g/mol. The largest absolute Gasteiger partial charge is 0.357 e. The molecule has 20 heavy (non-hydrogen) atoms. The number of guanidine groups is 2. The van der Waals surface area contributed by atoms with Crippen molar-refractivity contribution in [2.45, 2.75) is 40.5 Å². The molecule has 0 amide bonds. The molecule has 0 saturated carbocycles. The molecule has 6 heteroatoms. The molecule has 0 spiro atoms. The van der Waals surface area contributed by atoms with Crippen LogP contribution in [0.15, 0.2) is 9.98 Å². The van der Waals surface area contributed by atoms with Crippen LogP contribution in [0, 0.1) is 0 Å². The fourth-order valence-corrected chi connectivity index (χ4v) is 1.26. The van der Waals surface area contributed by atoms with E-state index in [1.54, 1.807) is 14.1 Å². The minimum atomic E-state index is 0.